The van der Waals surface area contributed by atoms with Crippen molar-refractivity contribution in [3.63, 3.8) is 0 Å². The minimum Gasteiger partial charge on any atom is -0.465 e. The van der Waals surface area contributed by atoms with Crippen LogP contribution in [0.25, 0.3) is 0 Å². The van der Waals surface area contributed by atoms with Crippen LogP contribution in [-0.2, 0) is 19.1 Å². The normalized spacial score (nSPS) is 39.3. The van der Waals surface area contributed by atoms with E-state index in [0.29, 0.717) is 18.3 Å². The molecule has 0 aliphatic heterocycles. The van der Waals surface area contributed by atoms with Crippen molar-refractivity contribution < 1.29 is 19.1 Å². The van der Waals surface area contributed by atoms with E-state index < -0.39 is 5.41 Å². The van der Waals surface area contributed by atoms with E-state index >= 15 is 0 Å². The highest BCUT2D eigenvalue weighted by molar-refractivity contribution is 5.77. The number of rotatable bonds is 6. The van der Waals surface area contributed by atoms with Crippen molar-refractivity contribution in [3.8, 4) is 0 Å². The number of hydrogen-bond donors (Lipinski definition) is 0. The maximum atomic E-state index is 13.1. The minimum absolute atomic E-state index is 0.109. The average Bonchev–Trinajstić information content (AvgIpc) is 2.55. The molecule has 4 rings (SSSR count). The van der Waals surface area contributed by atoms with E-state index in [9.17, 15) is 9.59 Å². The lowest BCUT2D eigenvalue weighted by molar-refractivity contribution is -0.221. The molecule has 4 aliphatic rings. The SMILES string of the molecule is CCC(C)(COC(C)=O)C(=O)OC1(CC)C2CC3CC(C2)CC1C3. The molecule has 4 bridgehead atoms. The van der Waals surface area contributed by atoms with Crippen LogP contribution in [-0.4, -0.2) is 24.1 Å². The second kappa shape index (κ2) is 6.34. The van der Waals surface area contributed by atoms with Crippen LogP contribution in [0.1, 0.15) is 72.6 Å². The summed E-state index contributed by atoms with van der Waals surface area (Å²) >= 11 is 0. The summed E-state index contributed by atoms with van der Waals surface area (Å²) in [4.78, 5) is 24.2. The molecule has 4 nitrogen and oxygen atoms in total. The molecule has 0 saturated heterocycles. The lowest BCUT2D eigenvalue weighted by Crippen LogP contribution is -2.60. The Bertz CT molecular complexity index is 484. The fraction of sp³-hybridized carbons (Fsp3) is 0.900. The van der Waals surface area contributed by atoms with Crippen molar-refractivity contribution >= 4 is 11.9 Å². The van der Waals surface area contributed by atoms with Gasteiger partial charge in [-0.05, 0) is 75.5 Å². The fourth-order valence-electron chi connectivity index (χ4n) is 5.66. The maximum Gasteiger partial charge on any atom is 0.315 e. The molecule has 0 heterocycles. The molecule has 0 amide bonds. The van der Waals surface area contributed by atoms with Crippen LogP contribution >= 0.6 is 0 Å². The Morgan fingerprint density at radius 2 is 1.58 bits per heavy atom. The number of hydrogen-bond acceptors (Lipinski definition) is 4. The molecule has 1 unspecified atom stereocenters. The van der Waals surface area contributed by atoms with E-state index in [-0.39, 0.29) is 24.1 Å². The van der Waals surface area contributed by atoms with E-state index in [2.05, 4.69) is 6.92 Å². The van der Waals surface area contributed by atoms with Crippen LogP contribution in [0.2, 0.25) is 0 Å². The first-order valence-electron chi connectivity index (χ1n) is 9.69. The van der Waals surface area contributed by atoms with E-state index in [1.807, 2.05) is 13.8 Å². The highest BCUT2D eigenvalue weighted by Crippen LogP contribution is 2.61. The predicted octanol–water partition coefficient (Wildman–Crippen LogP) is 4.11. The largest absolute Gasteiger partial charge is 0.465 e. The Labute approximate surface area is 145 Å². The van der Waals surface area contributed by atoms with Gasteiger partial charge in [-0.25, -0.2) is 0 Å². The topological polar surface area (TPSA) is 52.6 Å². The summed E-state index contributed by atoms with van der Waals surface area (Å²) in [5.41, 5.74) is -1.03. The molecule has 1 atom stereocenters. The lowest BCUT2D eigenvalue weighted by Gasteiger charge is -2.60. The van der Waals surface area contributed by atoms with Crippen molar-refractivity contribution in [1.82, 2.24) is 0 Å². The molecule has 0 spiro atoms. The smallest absolute Gasteiger partial charge is 0.315 e. The third-order valence-corrected chi connectivity index (χ3v) is 7.22. The Morgan fingerprint density at radius 1 is 1.04 bits per heavy atom. The van der Waals surface area contributed by atoms with Gasteiger partial charge in [0.05, 0.1) is 5.41 Å². The Balaban J connectivity index is 1.77. The first-order valence-corrected chi connectivity index (χ1v) is 9.69. The standard InChI is InChI=1S/C20H32O4/c1-5-19(4,12-23-13(3)21)18(22)24-20(6-2)16-8-14-7-15(10-16)11-17(20)9-14/h14-17H,5-12H2,1-4H3. The lowest BCUT2D eigenvalue weighted by atomic mass is 9.49. The molecular formula is C20H32O4. The first kappa shape index (κ1) is 17.8. The van der Waals surface area contributed by atoms with Gasteiger partial charge in [-0.15, -0.1) is 0 Å². The molecule has 0 aromatic heterocycles. The van der Waals surface area contributed by atoms with E-state index in [4.69, 9.17) is 9.47 Å². The van der Waals surface area contributed by atoms with Crippen LogP contribution in [0.4, 0.5) is 0 Å². The molecular weight excluding hydrogens is 304 g/mol. The third-order valence-electron chi connectivity index (χ3n) is 7.22. The zero-order valence-electron chi connectivity index (χ0n) is 15.6. The van der Waals surface area contributed by atoms with Gasteiger partial charge in [0.15, 0.2) is 0 Å². The molecule has 4 fully saturated rings. The van der Waals surface area contributed by atoms with Gasteiger partial charge in [0.1, 0.15) is 12.2 Å². The fourth-order valence-corrected chi connectivity index (χ4v) is 5.66. The Hall–Kier alpha value is -1.06. The van der Waals surface area contributed by atoms with Gasteiger partial charge in [-0.2, -0.15) is 0 Å². The van der Waals surface area contributed by atoms with Gasteiger partial charge >= 0.3 is 11.9 Å². The Kier molecular flexibility index (Phi) is 4.69. The average molecular weight is 336 g/mol. The summed E-state index contributed by atoms with van der Waals surface area (Å²) in [6.45, 7) is 7.48. The molecule has 24 heavy (non-hydrogen) atoms. The summed E-state index contributed by atoms with van der Waals surface area (Å²) in [7, 11) is 0. The first-order chi connectivity index (χ1) is 11.3. The minimum atomic E-state index is -0.748. The molecule has 0 radical (unpaired) electrons. The summed E-state index contributed by atoms with van der Waals surface area (Å²) in [6, 6.07) is 0. The van der Waals surface area contributed by atoms with Gasteiger partial charge in [-0.1, -0.05) is 13.8 Å². The molecule has 4 aliphatic carbocycles. The highest BCUT2D eigenvalue weighted by Gasteiger charge is 2.59. The maximum absolute atomic E-state index is 13.1. The second-order valence-corrected chi connectivity index (χ2v) is 8.70. The van der Waals surface area contributed by atoms with Crippen molar-refractivity contribution in [2.24, 2.45) is 29.1 Å². The van der Waals surface area contributed by atoms with Crippen LogP contribution in [0.5, 0.6) is 0 Å². The molecule has 4 heteroatoms. The third kappa shape index (κ3) is 2.86. The monoisotopic (exact) mass is 336 g/mol. The zero-order valence-corrected chi connectivity index (χ0v) is 15.6. The zero-order chi connectivity index (χ0) is 17.5. The number of ether oxygens (including phenoxy) is 2. The summed E-state index contributed by atoms with van der Waals surface area (Å²) < 4.78 is 11.5. The summed E-state index contributed by atoms with van der Waals surface area (Å²) in [5, 5.41) is 0. The van der Waals surface area contributed by atoms with Gasteiger partial charge in [0.25, 0.3) is 0 Å². The Morgan fingerprint density at radius 3 is 2.00 bits per heavy atom. The second-order valence-electron chi connectivity index (χ2n) is 8.70. The van der Waals surface area contributed by atoms with Crippen LogP contribution < -0.4 is 0 Å². The predicted molar refractivity (Wildman–Crippen MR) is 91.2 cm³/mol. The van der Waals surface area contributed by atoms with Crippen molar-refractivity contribution in [3.05, 3.63) is 0 Å². The number of carbonyl (C=O) groups is 2. The van der Waals surface area contributed by atoms with Crippen molar-refractivity contribution in [2.75, 3.05) is 6.61 Å². The summed E-state index contributed by atoms with van der Waals surface area (Å²) in [6.07, 6.45) is 7.80. The van der Waals surface area contributed by atoms with Gasteiger partial charge in [0, 0.05) is 6.92 Å². The van der Waals surface area contributed by atoms with Crippen LogP contribution in [0, 0.1) is 29.1 Å². The van der Waals surface area contributed by atoms with Gasteiger partial charge < -0.3 is 9.47 Å². The van der Waals surface area contributed by atoms with E-state index in [1.165, 1.54) is 39.0 Å². The van der Waals surface area contributed by atoms with Gasteiger partial charge in [0.2, 0.25) is 0 Å². The van der Waals surface area contributed by atoms with Crippen molar-refractivity contribution in [1.29, 1.82) is 0 Å². The van der Waals surface area contributed by atoms with Crippen LogP contribution in [0.3, 0.4) is 0 Å². The molecule has 0 aromatic carbocycles. The number of carbonyl (C=O) groups excluding carboxylic acids is 2. The van der Waals surface area contributed by atoms with Crippen LogP contribution in [0.15, 0.2) is 0 Å². The van der Waals surface area contributed by atoms with Gasteiger partial charge in [-0.3, -0.25) is 9.59 Å². The molecule has 0 N–H and O–H groups in total. The molecule has 0 aromatic rings. The van der Waals surface area contributed by atoms with E-state index in [1.54, 1.807) is 0 Å². The highest BCUT2D eigenvalue weighted by atomic mass is 16.6. The summed E-state index contributed by atoms with van der Waals surface area (Å²) in [5.74, 6) is 2.23. The number of esters is 2. The molecule has 136 valence electrons. The van der Waals surface area contributed by atoms with E-state index in [0.717, 1.165) is 18.3 Å². The van der Waals surface area contributed by atoms with Crippen molar-refractivity contribution in [2.45, 2.75) is 78.2 Å². The molecule has 4 saturated carbocycles. The quantitative estimate of drug-likeness (QED) is 0.685.